The van der Waals surface area contributed by atoms with Gasteiger partial charge in [-0.25, -0.2) is 0 Å². The Morgan fingerprint density at radius 2 is 1.93 bits per heavy atom. The number of furan rings is 1. The van der Waals surface area contributed by atoms with Gasteiger partial charge in [-0.2, -0.15) is 0 Å². The average molecular weight is 426 g/mol. The van der Waals surface area contributed by atoms with E-state index in [0.29, 0.717) is 41.0 Å². The van der Waals surface area contributed by atoms with Gasteiger partial charge < -0.3 is 24.1 Å². The van der Waals surface area contributed by atoms with Crippen molar-refractivity contribution in [3.05, 3.63) is 52.4 Å². The standard InChI is InChI=1S/C20H18N4O5S/c25-17(21-13-3-4-14-16(10-13)29-11-28-14)19-23-22-18(30-19)12-5-7-24(8-6-12)20(26)15-2-1-9-27-15/h1-4,9-10,12H,5-8,11H2,(H,21,25). The summed E-state index contributed by atoms with van der Waals surface area (Å²) in [5.74, 6) is 1.37. The second-order valence-corrected chi connectivity index (χ2v) is 8.02. The van der Waals surface area contributed by atoms with E-state index in [1.165, 1.54) is 17.6 Å². The summed E-state index contributed by atoms with van der Waals surface area (Å²) in [5, 5.41) is 12.2. The van der Waals surface area contributed by atoms with Gasteiger partial charge in [-0.15, -0.1) is 10.2 Å². The number of hydrogen-bond acceptors (Lipinski definition) is 8. The lowest BCUT2D eigenvalue weighted by Crippen LogP contribution is -2.37. The number of piperidine rings is 1. The van der Waals surface area contributed by atoms with Gasteiger partial charge in [0.1, 0.15) is 5.01 Å². The normalized spacial score (nSPS) is 15.9. The number of carbonyl (C=O) groups excluding carboxylic acids is 2. The highest BCUT2D eigenvalue weighted by Gasteiger charge is 2.28. The summed E-state index contributed by atoms with van der Waals surface area (Å²) in [6.07, 6.45) is 3.03. The Morgan fingerprint density at radius 1 is 1.10 bits per heavy atom. The van der Waals surface area contributed by atoms with Crippen LogP contribution in [0.5, 0.6) is 11.5 Å². The maximum Gasteiger partial charge on any atom is 0.289 e. The Bertz CT molecular complexity index is 1070. The number of fused-ring (bicyclic) bond motifs is 1. The molecule has 2 amide bonds. The van der Waals surface area contributed by atoms with Crippen LogP contribution in [0, 0.1) is 0 Å². The Kier molecular flexibility index (Phi) is 4.83. The van der Waals surface area contributed by atoms with Gasteiger partial charge >= 0.3 is 0 Å². The number of benzene rings is 1. The summed E-state index contributed by atoms with van der Waals surface area (Å²) in [6, 6.07) is 8.59. The Hall–Kier alpha value is -3.40. The highest BCUT2D eigenvalue weighted by molar-refractivity contribution is 7.13. The molecule has 3 aromatic rings. The van der Waals surface area contributed by atoms with Gasteiger partial charge in [-0.05, 0) is 37.1 Å². The number of rotatable bonds is 4. The maximum absolute atomic E-state index is 12.5. The van der Waals surface area contributed by atoms with Gasteiger partial charge in [-0.3, -0.25) is 9.59 Å². The van der Waals surface area contributed by atoms with Crippen LogP contribution < -0.4 is 14.8 Å². The second kappa shape index (κ2) is 7.79. The molecule has 0 radical (unpaired) electrons. The minimum Gasteiger partial charge on any atom is -0.459 e. The summed E-state index contributed by atoms with van der Waals surface area (Å²) >= 11 is 1.29. The van der Waals surface area contributed by atoms with Crippen molar-refractivity contribution < 1.29 is 23.5 Å². The minimum absolute atomic E-state index is 0.0977. The van der Waals surface area contributed by atoms with E-state index in [0.717, 1.165) is 17.8 Å². The molecule has 1 N–H and O–H groups in total. The molecule has 30 heavy (non-hydrogen) atoms. The van der Waals surface area contributed by atoms with Crippen molar-refractivity contribution in [2.75, 3.05) is 25.2 Å². The fourth-order valence-corrected chi connectivity index (χ4v) is 4.44. The largest absolute Gasteiger partial charge is 0.459 e. The number of nitrogens with zero attached hydrogens (tertiary/aromatic N) is 3. The lowest BCUT2D eigenvalue weighted by atomic mass is 9.97. The number of carbonyl (C=O) groups is 2. The molecule has 2 aromatic heterocycles. The first-order chi connectivity index (χ1) is 14.7. The molecule has 1 aromatic carbocycles. The van der Waals surface area contributed by atoms with Crippen molar-refractivity contribution >= 4 is 28.8 Å². The highest BCUT2D eigenvalue weighted by atomic mass is 32.1. The molecule has 1 saturated heterocycles. The number of nitrogens with one attached hydrogen (secondary N) is 1. The van der Waals surface area contributed by atoms with Crippen molar-refractivity contribution in [2.45, 2.75) is 18.8 Å². The summed E-state index contributed by atoms with van der Waals surface area (Å²) in [5.41, 5.74) is 0.603. The Balaban J connectivity index is 1.19. The van der Waals surface area contributed by atoms with Crippen LogP contribution in [0.15, 0.2) is 41.0 Å². The van der Waals surface area contributed by atoms with Gasteiger partial charge in [0.15, 0.2) is 17.3 Å². The molecule has 0 spiro atoms. The molecule has 154 valence electrons. The fourth-order valence-electron chi connectivity index (χ4n) is 3.54. The molecule has 4 heterocycles. The quantitative estimate of drug-likeness (QED) is 0.683. The topological polar surface area (TPSA) is 107 Å². The number of aromatic nitrogens is 2. The zero-order chi connectivity index (χ0) is 20.5. The lowest BCUT2D eigenvalue weighted by Gasteiger charge is -2.30. The van der Waals surface area contributed by atoms with Crippen LogP contribution >= 0.6 is 11.3 Å². The van der Waals surface area contributed by atoms with E-state index in [4.69, 9.17) is 13.9 Å². The van der Waals surface area contributed by atoms with Gasteiger partial charge in [0.2, 0.25) is 11.8 Å². The van der Waals surface area contributed by atoms with Crippen LogP contribution in [0.4, 0.5) is 5.69 Å². The average Bonchev–Trinajstić information content (AvgIpc) is 3.54. The van der Waals surface area contributed by atoms with E-state index in [9.17, 15) is 9.59 Å². The number of hydrogen-bond donors (Lipinski definition) is 1. The number of ether oxygens (including phenoxy) is 2. The first-order valence-electron chi connectivity index (χ1n) is 9.54. The van der Waals surface area contributed by atoms with Crippen molar-refractivity contribution in [1.29, 1.82) is 0 Å². The van der Waals surface area contributed by atoms with E-state index in [2.05, 4.69) is 15.5 Å². The molecule has 2 aliphatic rings. The summed E-state index contributed by atoms with van der Waals surface area (Å²) in [6.45, 7) is 1.41. The SMILES string of the molecule is O=C(Nc1ccc2c(c1)OCO2)c1nnc(C2CCN(C(=O)c3ccco3)CC2)s1. The predicted octanol–water partition coefficient (Wildman–Crippen LogP) is 3.13. The van der Waals surface area contributed by atoms with Crippen molar-refractivity contribution in [3.63, 3.8) is 0 Å². The van der Waals surface area contributed by atoms with Crippen molar-refractivity contribution in [3.8, 4) is 11.5 Å². The maximum atomic E-state index is 12.5. The number of anilines is 1. The van der Waals surface area contributed by atoms with Crippen LogP contribution in [0.3, 0.4) is 0 Å². The molecular weight excluding hydrogens is 408 g/mol. The number of likely N-dealkylation sites (tertiary alicyclic amines) is 1. The van der Waals surface area contributed by atoms with Gasteiger partial charge in [0.25, 0.3) is 11.8 Å². The molecule has 0 saturated carbocycles. The second-order valence-electron chi connectivity index (χ2n) is 7.01. The molecule has 5 rings (SSSR count). The minimum atomic E-state index is -0.317. The smallest absolute Gasteiger partial charge is 0.289 e. The van der Waals surface area contributed by atoms with E-state index in [-0.39, 0.29) is 24.5 Å². The van der Waals surface area contributed by atoms with E-state index < -0.39 is 0 Å². The van der Waals surface area contributed by atoms with Crippen LogP contribution in [0.1, 0.15) is 44.1 Å². The molecule has 2 aliphatic heterocycles. The first kappa shape index (κ1) is 18.6. The zero-order valence-corrected chi connectivity index (χ0v) is 16.7. The molecule has 1 fully saturated rings. The number of amides is 2. The van der Waals surface area contributed by atoms with Gasteiger partial charge in [-0.1, -0.05) is 11.3 Å². The first-order valence-corrected chi connectivity index (χ1v) is 10.4. The van der Waals surface area contributed by atoms with E-state index in [1.807, 2.05) is 0 Å². The van der Waals surface area contributed by atoms with Gasteiger partial charge in [0, 0.05) is 30.8 Å². The summed E-state index contributed by atoms with van der Waals surface area (Å²) in [4.78, 5) is 26.7. The Labute approximate surface area is 175 Å². The molecule has 9 nitrogen and oxygen atoms in total. The monoisotopic (exact) mass is 426 g/mol. The molecule has 10 heteroatoms. The van der Waals surface area contributed by atoms with Crippen LogP contribution in [0.25, 0.3) is 0 Å². The highest BCUT2D eigenvalue weighted by Crippen LogP contribution is 2.35. The molecular formula is C20H18N4O5S. The third-order valence-corrected chi connectivity index (χ3v) is 6.21. The van der Waals surface area contributed by atoms with Crippen molar-refractivity contribution in [1.82, 2.24) is 15.1 Å². The molecule has 0 atom stereocenters. The third kappa shape index (κ3) is 3.61. The molecule has 0 unspecified atom stereocenters. The molecule has 0 aliphatic carbocycles. The van der Waals surface area contributed by atoms with E-state index in [1.54, 1.807) is 35.2 Å². The summed E-state index contributed by atoms with van der Waals surface area (Å²) in [7, 11) is 0. The van der Waals surface area contributed by atoms with Crippen LogP contribution in [-0.4, -0.2) is 46.8 Å². The van der Waals surface area contributed by atoms with Gasteiger partial charge in [0.05, 0.1) is 6.26 Å². The summed E-state index contributed by atoms with van der Waals surface area (Å²) < 4.78 is 15.8. The predicted molar refractivity (Wildman–Crippen MR) is 107 cm³/mol. The Morgan fingerprint density at radius 3 is 2.73 bits per heavy atom. The third-order valence-electron chi connectivity index (χ3n) is 5.13. The van der Waals surface area contributed by atoms with Crippen molar-refractivity contribution in [2.24, 2.45) is 0 Å². The van der Waals surface area contributed by atoms with Crippen LogP contribution in [0.2, 0.25) is 0 Å². The zero-order valence-electron chi connectivity index (χ0n) is 15.9. The fraction of sp³-hybridized carbons (Fsp3) is 0.300. The molecule has 0 bridgehead atoms. The van der Waals surface area contributed by atoms with Crippen LogP contribution in [-0.2, 0) is 0 Å². The van der Waals surface area contributed by atoms with E-state index >= 15 is 0 Å². The lowest BCUT2D eigenvalue weighted by molar-refractivity contribution is 0.0680.